The zero-order chi connectivity index (χ0) is 23.6. The van der Waals surface area contributed by atoms with Crippen molar-refractivity contribution >= 4 is 28.6 Å². The molecular formula is C20H24F2N6O4. The summed E-state index contributed by atoms with van der Waals surface area (Å²) in [5, 5.41) is 6.87. The Hall–Kier alpha value is -3.41. The zero-order valence-corrected chi connectivity index (χ0v) is 17.8. The quantitative estimate of drug-likeness (QED) is 0.630. The van der Waals surface area contributed by atoms with Crippen LogP contribution in [0.5, 0.6) is 0 Å². The molecule has 0 unspecified atom stereocenters. The average Bonchev–Trinajstić information content (AvgIpc) is 3.29. The smallest absolute Gasteiger partial charge is 0.269 e. The molecule has 0 saturated carbocycles. The van der Waals surface area contributed by atoms with Crippen LogP contribution in [-0.2, 0) is 20.9 Å². The number of nitrogens with two attached hydrogens (primary N) is 1. The molecule has 3 rings (SSSR count). The highest BCUT2D eigenvalue weighted by Gasteiger charge is 2.48. The molecule has 172 valence electrons. The fourth-order valence-corrected chi connectivity index (χ4v) is 3.59. The minimum absolute atomic E-state index is 0.0405. The molecule has 0 spiro atoms. The first kappa shape index (κ1) is 23.3. The van der Waals surface area contributed by atoms with Gasteiger partial charge >= 0.3 is 0 Å². The molecule has 1 fully saturated rings. The molecule has 0 aromatic carbocycles. The van der Waals surface area contributed by atoms with Crippen molar-refractivity contribution in [3.63, 3.8) is 0 Å². The van der Waals surface area contributed by atoms with E-state index in [1.807, 2.05) is 0 Å². The topological polar surface area (TPSA) is 132 Å². The van der Waals surface area contributed by atoms with Gasteiger partial charge in [-0.1, -0.05) is 0 Å². The summed E-state index contributed by atoms with van der Waals surface area (Å²) in [6.07, 6.45) is 0.0245. The van der Waals surface area contributed by atoms with E-state index >= 15 is 0 Å². The normalized spacial score (nSPS) is 20.4. The monoisotopic (exact) mass is 450 g/mol. The Morgan fingerprint density at radius 2 is 2.06 bits per heavy atom. The second-order valence-corrected chi connectivity index (χ2v) is 7.59. The highest BCUT2D eigenvalue weighted by atomic mass is 19.1. The summed E-state index contributed by atoms with van der Waals surface area (Å²) in [7, 11) is 1.23. The van der Waals surface area contributed by atoms with E-state index in [2.05, 4.69) is 15.4 Å². The largest absolute Gasteiger partial charge is 0.376 e. The summed E-state index contributed by atoms with van der Waals surface area (Å²) in [6.45, 7) is 1.92. The molecule has 32 heavy (non-hydrogen) atoms. The van der Waals surface area contributed by atoms with Gasteiger partial charge in [0.25, 0.3) is 5.91 Å². The molecule has 12 heteroatoms. The molecule has 10 nitrogen and oxygen atoms in total. The van der Waals surface area contributed by atoms with Crippen molar-refractivity contribution in [3.05, 3.63) is 35.6 Å². The number of primary amides is 1. The number of nitrogens with one attached hydrogen (secondary N) is 1. The first-order valence-corrected chi connectivity index (χ1v) is 9.82. The number of pyridine rings is 1. The van der Waals surface area contributed by atoms with Crippen molar-refractivity contribution in [2.45, 2.75) is 38.7 Å². The molecule has 3 N–H and O–H groups in total. The van der Waals surface area contributed by atoms with E-state index in [4.69, 9.17) is 10.5 Å². The van der Waals surface area contributed by atoms with E-state index in [9.17, 15) is 23.2 Å². The summed E-state index contributed by atoms with van der Waals surface area (Å²) in [5.41, 5.74) is 6.08. The van der Waals surface area contributed by atoms with Crippen molar-refractivity contribution in [2.75, 3.05) is 20.2 Å². The van der Waals surface area contributed by atoms with Crippen LogP contribution in [0.4, 0.5) is 8.78 Å². The Labute approximate surface area is 182 Å². The zero-order valence-electron chi connectivity index (χ0n) is 17.8. The summed E-state index contributed by atoms with van der Waals surface area (Å²) < 4.78 is 34.7. The minimum atomic E-state index is -1.62. The molecule has 1 aliphatic rings. The first-order valence-electron chi connectivity index (χ1n) is 9.82. The second-order valence-electron chi connectivity index (χ2n) is 7.59. The number of rotatable bonds is 7. The van der Waals surface area contributed by atoms with Gasteiger partial charge in [-0.2, -0.15) is 5.10 Å². The van der Waals surface area contributed by atoms with Gasteiger partial charge in [-0.3, -0.25) is 24.0 Å². The van der Waals surface area contributed by atoms with Crippen LogP contribution in [0.15, 0.2) is 29.9 Å². The molecule has 1 aliphatic heterocycles. The lowest BCUT2D eigenvalue weighted by atomic mass is 10.1. The van der Waals surface area contributed by atoms with E-state index < -0.39 is 48.4 Å². The lowest BCUT2D eigenvalue weighted by Crippen LogP contribution is -2.51. The first-order chi connectivity index (χ1) is 15.1. The van der Waals surface area contributed by atoms with Gasteiger partial charge in [0.05, 0.1) is 24.8 Å². The van der Waals surface area contributed by atoms with Gasteiger partial charge in [0.15, 0.2) is 5.69 Å². The maximum atomic E-state index is 14.6. The number of nitrogens with zero attached hydrogens (tertiary/aromatic N) is 4. The van der Waals surface area contributed by atoms with E-state index in [1.54, 1.807) is 13.8 Å². The van der Waals surface area contributed by atoms with Gasteiger partial charge in [-0.25, -0.2) is 8.78 Å². The Balaban J connectivity index is 1.86. The number of ether oxygens (including phenoxy) is 1. The highest BCUT2D eigenvalue weighted by molar-refractivity contribution is 6.04. The third kappa shape index (κ3) is 4.44. The molecule has 0 aliphatic carbocycles. The Kier molecular flexibility index (Phi) is 6.82. The number of methoxy groups -OCH3 is 1. The lowest BCUT2D eigenvalue weighted by Gasteiger charge is -2.26. The molecule has 3 amide bonds. The molecule has 0 bridgehead atoms. The molecule has 3 atom stereocenters. The van der Waals surface area contributed by atoms with Crippen LogP contribution in [0.2, 0.25) is 0 Å². The summed E-state index contributed by atoms with van der Waals surface area (Å²) in [5.74, 6) is -2.70. The fraction of sp³-hybridized carbons (Fsp3) is 0.450. The molecule has 2 aromatic rings. The number of amides is 3. The summed E-state index contributed by atoms with van der Waals surface area (Å²) in [6, 6.07) is 0.231. The highest BCUT2D eigenvalue weighted by Crippen LogP contribution is 2.25. The third-order valence-corrected chi connectivity index (χ3v) is 5.27. The van der Waals surface area contributed by atoms with Crippen LogP contribution in [0.3, 0.4) is 0 Å². The molecule has 1 saturated heterocycles. The van der Waals surface area contributed by atoms with Gasteiger partial charge in [-0.05, 0) is 25.5 Å². The maximum Gasteiger partial charge on any atom is 0.269 e. The van der Waals surface area contributed by atoms with Crippen molar-refractivity contribution in [3.8, 4) is 0 Å². The van der Waals surface area contributed by atoms with Crippen molar-refractivity contribution in [1.82, 2.24) is 25.0 Å². The van der Waals surface area contributed by atoms with Gasteiger partial charge < -0.3 is 20.7 Å². The standard InChI is InChI=1S/C20H24F2N6O4/c1-10(2)12(21)6-25-20(31)17-18(32-3)13(22)8-27(17)15(29)9-28-14-7-24-5-4-11(14)16(26-28)19(23)30/h4-5,7,13,17-18H,6,8-9H2,1-3H3,(H2,23,30)(H,25,31)/t13-,17-,18+/m0/s1. The van der Waals surface area contributed by atoms with Crippen molar-refractivity contribution < 1.29 is 27.9 Å². The number of halogens is 2. The Morgan fingerprint density at radius 1 is 1.34 bits per heavy atom. The summed E-state index contributed by atoms with van der Waals surface area (Å²) >= 11 is 0. The number of allylic oxidation sites excluding steroid dienone is 1. The van der Waals surface area contributed by atoms with Crippen LogP contribution in [-0.4, -0.2) is 75.9 Å². The summed E-state index contributed by atoms with van der Waals surface area (Å²) in [4.78, 5) is 42.5. The van der Waals surface area contributed by atoms with Crippen molar-refractivity contribution in [1.29, 1.82) is 0 Å². The SMILES string of the molecule is CO[C@H]1[C@@H](C(=O)NCC(F)=C(C)C)N(C(=O)Cn2nc(C(N)=O)c3ccncc32)C[C@@H]1F. The van der Waals surface area contributed by atoms with Crippen LogP contribution in [0, 0.1) is 0 Å². The maximum absolute atomic E-state index is 14.6. The number of likely N-dealkylation sites (tertiary alicyclic amines) is 1. The molecular weight excluding hydrogens is 426 g/mol. The van der Waals surface area contributed by atoms with Crippen molar-refractivity contribution in [2.24, 2.45) is 5.73 Å². The van der Waals surface area contributed by atoms with Crippen LogP contribution >= 0.6 is 0 Å². The molecule has 2 aromatic heterocycles. The third-order valence-electron chi connectivity index (χ3n) is 5.27. The number of carbonyl (C=O) groups is 3. The van der Waals surface area contributed by atoms with E-state index in [1.165, 1.54) is 30.3 Å². The number of hydrogen-bond donors (Lipinski definition) is 2. The van der Waals surface area contributed by atoms with E-state index in [-0.39, 0.29) is 18.8 Å². The Bertz CT molecular complexity index is 1080. The van der Waals surface area contributed by atoms with Crippen LogP contribution in [0.25, 0.3) is 10.9 Å². The number of hydrogen-bond acceptors (Lipinski definition) is 6. The van der Waals surface area contributed by atoms with Gasteiger partial charge in [0.2, 0.25) is 11.8 Å². The van der Waals surface area contributed by atoms with Gasteiger partial charge in [-0.15, -0.1) is 0 Å². The predicted molar refractivity (Wildman–Crippen MR) is 110 cm³/mol. The predicted octanol–water partition coefficient (Wildman–Crippen LogP) is 0.474. The number of carbonyl (C=O) groups excluding carboxylic acids is 3. The fourth-order valence-electron chi connectivity index (χ4n) is 3.59. The lowest BCUT2D eigenvalue weighted by molar-refractivity contribution is -0.141. The molecule has 0 radical (unpaired) electrons. The van der Waals surface area contributed by atoms with Crippen LogP contribution in [0.1, 0.15) is 24.3 Å². The second kappa shape index (κ2) is 9.39. The van der Waals surface area contributed by atoms with Gasteiger partial charge in [0, 0.05) is 18.7 Å². The molecule has 3 heterocycles. The number of aromatic nitrogens is 3. The Morgan fingerprint density at radius 3 is 2.69 bits per heavy atom. The van der Waals surface area contributed by atoms with E-state index in [0.717, 1.165) is 4.90 Å². The number of fused-ring (bicyclic) bond motifs is 1. The average molecular weight is 450 g/mol. The minimum Gasteiger partial charge on any atom is -0.376 e. The van der Waals surface area contributed by atoms with E-state index in [0.29, 0.717) is 16.5 Å². The van der Waals surface area contributed by atoms with Gasteiger partial charge in [0.1, 0.15) is 30.7 Å². The van der Waals surface area contributed by atoms with Crippen LogP contribution < -0.4 is 11.1 Å². The number of alkyl halides is 1.